The van der Waals surface area contributed by atoms with Gasteiger partial charge in [0.15, 0.2) is 5.43 Å². The van der Waals surface area contributed by atoms with Gasteiger partial charge in [-0.2, -0.15) is 0 Å². The fraction of sp³-hybridized carbons (Fsp3) is 0.308. The predicted octanol–water partition coefficient (Wildman–Crippen LogP) is 1.45. The summed E-state index contributed by atoms with van der Waals surface area (Å²) in [7, 11) is 0. The van der Waals surface area contributed by atoms with Crippen LogP contribution in [-0.2, 0) is 4.74 Å². The second-order valence-electron chi connectivity index (χ2n) is 4.09. The average molecular weight is 231 g/mol. The molecule has 1 fully saturated rings. The minimum Gasteiger partial charge on any atom is -0.459 e. The first-order valence-corrected chi connectivity index (χ1v) is 5.68. The van der Waals surface area contributed by atoms with Gasteiger partial charge in [0.25, 0.3) is 0 Å². The number of nitrogens with one attached hydrogen (secondary N) is 1. The molecular weight excluding hydrogens is 218 g/mol. The monoisotopic (exact) mass is 231 g/mol. The summed E-state index contributed by atoms with van der Waals surface area (Å²) < 4.78 is 11.1. The Kier molecular flexibility index (Phi) is 2.66. The van der Waals surface area contributed by atoms with Gasteiger partial charge in [-0.05, 0) is 12.1 Å². The van der Waals surface area contributed by atoms with Crippen molar-refractivity contribution in [1.82, 2.24) is 5.32 Å². The molecule has 88 valence electrons. The maximum atomic E-state index is 11.9. The average Bonchev–Trinajstić information content (AvgIpc) is 2.40. The third-order valence-corrected chi connectivity index (χ3v) is 2.92. The van der Waals surface area contributed by atoms with Crippen LogP contribution in [0.5, 0.6) is 0 Å². The van der Waals surface area contributed by atoms with Gasteiger partial charge in [-0.3, -0.25) is 4.79 Å². The van der Waals surface area contributed by atoms with Gasteiger partial charge in [-0.25, -0.2) is 0 Å². The molecule has 4 nitrogen and oxygen atoms in total. The fourth-order valence-corrected chi connectivity index (χ4v) is 2.04. The third-order valence-electron chi connectivity index (χ3n) is 2.92. The number of hydrogen-bond donors (Lipinski definition) is 1. The van der Waals surface area contributed by atoms with Crippen LogP contribution >= 0.6 is 0 Å². The molecule has 1 saturated heterocycles. The molecule has 1 aliphatic rings. The Bertz CT molecular complexity index is 584. The van der Waals surface area contributed by atoms with Crippen LogP contribution in [0.1, 0.15) is 11.8 Å². The van der Waals surface area contributed by atoms with E-state index < -0.39 is 0 Å². The summed E-state index contributed by atoms with van der Waals surface area (Å²) in [6, 6.07) is 8.80. The zero-order chi connectivity index (χ0) is 11.7. The molecule has 0 spiro atoms. The van der Waals surface area contributed by atoms with Crippen LogP contribution in [0, 0.1) is 0 Å². The number of para-hydroxylation sites is 1. The van der Waals surface area contributed by atoms with Gasteiger partial charge in [0.05, 0.1) is 24.6 Å². The molecule has 0 amide bonds. The molecule has 1 N–H and O–H groups in total. The van der Waals surface area contributed by atoms with Gasteiger partial charge >= 0.3 is 0 Å². The summed E-state index contributed by atoms with van der Waals surface area (Å²) in [6.45, 7) is 2.02. The Balaban J connectivity index is 2.08. The zero-order valence-electron chi connectivity index (χ0n) is 9.31. The Morgan fingerprint density at radius 2 is 2.18 bits per heavy atom. The van der Waals surface area contributed by atoms with E-state index in [2.05, 4.69) is 5.32 Å². The summed E-state index contributed by atoms with van der Waals surface area (Å²) in [5, 5.41) is 3.89. The molecule has 1 unspecified atom stereocenters. The van der Waals surface area contributed by atoms with E-state index in [4.69, 9.17) is 9.15 Å². The minimum atomic E-state index is -0.0268. The lowest BCUT2D eigenvalue weighted by atomic mass is 10.1. The second kappa shape index (κ2) is 4.31. The second-order valence-corrected chi connectivity index (χ2v) is 4.09. The van der Waals surface area contributed by atoms with Crippen molar-refractivity contribution >= 4 is 11.0 Å². The highest BCUT2D eigenvalue weighted by Gasteiger charge is 2.18. The summed E-state index contributed by atoms with van der Waals surface area (Å²) >= 11 is 0. The normalized spacial score (nSPS) is 20.6. The highest BCUT2D eigenvalue weighted by atomic mass is 16.5. The van der Waals surface area contributed by atoms with Crippen molar-refractivity contribution in [3.8, 4) is 0 Å². The quantitative estimate of drug-likeness (QED) is 0.807. The first-order chi connectivity index (χ1) is 8.34. The summed E-state index contributed by atoms with van der Waals surface area (Å²) in [5.41, 5.74) is 0.622. The number of benzene rings is 1. The van der Waals surface area contributed by atoms with E-state index in [0.29, 0.717) is 29.9 Å². The molecule has 2 heterocycles. The van der Waals surface area contributed by atoms with E-state index in [1.165, 1.54) is 0 Å². The van der Waals surface area contributed by atoms with Gasteiger partial charge < -0.3 is 14.5 Å². The number of hydrogen-bond acceptors (Lipinski definition) is 4. The van der Waals surface area contributed by atoms with Crippen LogP contribution in [0.25, 0.3) is 11.0 Å². The minimum absolute atomic E-state index is 0.00535. The molecule has 0 bridgehead atoms. The lowest BCUT2D eigenvalue weighted by Gasteiger charge is -2.22. The first kappa shape index (κ1) is 10.5. The lowest BCUT2D eigenvalue weighted by molar-refractivity contribution is 0.0701. The lowest BCUT2D eigenvalue weighted by Crippen LogP contribution is -2.34. The summed E-state index contributed by atoms with van der Waals surface area (Å²) in [5.74, 6) is 0.647. The van der Waals surface area contributed by atoms with Gasteiger partial charge in [-0.1, -0.05) is 12.1 Å². The van der Waals surface area contributed by atoms with Gasteiger partial charge in [0.2, 0.25) is 0 Å². The highest BCUT2D eigenvalue weighted by Crippen LogP contribution is 2.18. The van der Waals surface area contributed by atoms with Crippen molar-refractivity contribution in [3.05, 3.63) is 46.3 Å². The summed E-state index contributed by atoms with van der Waals surface area (Å²) in [4.78, 5) is 11.9. The van der Waals surface area contributed by atoms with E-state index >= 15 is 0 Å². The van der Waals surface area contributed by atoms with Crippen LogP contribution in [0.4, 0.5) is 0 Å². The molecule has 0 saturated carbocycles. The maximum Gasteiger partial charge on any atom is 0.193 e. The number of ether oxygens (including phenoxy) is 1. The standard InChI is InChI=1S/C13H13NO3/c15-11-7-13(10-8-16-6-5-14-10)17-12-4-2-1-3-9(11)12/h1-4,7,10,14H,5-6,8H2. The smallest absolute Gasteiger partial charge is 0.193 e. The van der Waals surface area contributed by atoms with Gasteiger partial charge in [0, 0.05) is 12.6 Å². The predicted molar refractivity (Wildman–Crippen MR) is 64.0 cm³/mol. The van der Waals surface area contributed by atoms with Gasteiger partial charge in [0.1, 0.15) is 11.3 Å². The van der Waals surface area contributed by atoms with E-state index in [1.807, 2.05) is 18.2 Å². The first-order valence-electron chi connectivity index (χ1n) is 5.68. The molecule has 4 heteroatoms. The molecule has 3 rings (SSSR count). The molecule has 0 radical (unpaired) electrons. The highest BCUT2D eigenvalue weighted by molar-refractivity contribution is 5.76. The van der Waals surface area contributed by atoms with Crippen molar-refractivity contribution in [1.29, 1.82) is 0 Å². The maximum absolute atomic E-state index is 11.9. The molecule has 1 aliphatic heterocycles. The van der Waals surface area contributed by atoms with E-state index in [-0.39, 0.29) is 11.5 Å². The number of morpholine rings is 1. The molecule has 1 atom stereocenters. The van der Waals surface area contributed by atoms with Crippen molar-refractivity contribution in [2.75, 3.05) is 19.8 Å². The largest absolute Gasteiger partial charge is 0.459 e. The van der Waals surface area contributed by atoms with Crippen LogP contribution < -0.4 is 10.7 Å². The molecule has 2 aromatic rings. The fourth-order valence-electron chi connectivity index (χ4n) is 2.04. The molecular formula is C13H13NO3. The zero-order valence-corrected chi connectivity index (χ0v) is 9.31. The van der Waals surface area contributed by atoms with E-state index in [9.17, 15) is 4.79 Å². The Morgan fingerprint density at radius 3 is 3.00 bits per heavy atom. The molecule has 0 aliphatic carbocycles. The molecule has 1 aromatic heterocycles. The topological polar surface area (TPSA) is 51.5 Å². The van der Waals surface area contributed by atoms with Crippen LogP contribution in [0.2, 0.25) is 0 Å². The van der Waals surface area contributed by atoms with Crippen LogP contribution in [0.15, 0.2) is 39.5 Å². The SMILES string of the molecule is O=c1cc(C2COCCN2)oc2ccccc12. The van der Waals surface area contributed by atoms with Gasteiger partial charge in [-0.15, -0.1) is 0 Å². The van der Waals surface area contributed by atoms with Crippen molar-refractivity contribution in [2.45, 2.75) is 6.04 Å². The van der Waals surface area contributed by atoms with Crippen LogP contribution in [0.3, 0.4) is 0 Å². The Labute approximate surface area is 98.2 Å². The number of rotatable bonds is 1. The third kappa shape index (κ3) is 1.97. The van der Waals surface area contributed by atoms with Crippen molar-refractivity contribution in [3.63, 3.8) is 0 Å². The Morgan fingerprint density at radius 1 is 1.29 bits per heavy atom. The van der Waals surface area contributed by atoms with Crippen molar-refractivity contribution in [2.24, 2.45) is 0 Å². The van der Waals surface area contributed by atoms with E-state index in [1.54, 1.807) is 12.1 Å². The van der Waals surface area contributed by atoms with Crippen LogP contribution in [-0.4, -0.2) is 19.8 Å². The Hall–Kier alpha value is -1.65. The summed E-state index contributed by atoms with van der Waals surface area (Å²) in [6.07, 6.45) is 0. The van der Waals surface area contributed by atoms with Crippen molar-refractivity contribution < 1.29 is 9.15 Å². The van der Waals surface area contributed by atoms with E-state index in [0.717, 1.165) is 6.54 Å². The molecule has 17 heavy (non-hydrogen) atoms. The number of fused-ring (bicyclic) bond motifs is 1. The molecule has 1 aromatic carbocycles.